The Kier molecular flexibility index (Phi) is 11.2. The standard InChI is InChI=1S/C19H34O2/c1-18(20)21-19-16-14-12-10-8-6-4-2-3-5-7-9-11-13-15-17-19/h2-3,19H,4-17H2,1H3/b3-2-. The van der Waals surface area contributed by atoms with Crippen molar-refractivity contribution in [2.75, 3.05) is 0 Å². The molecular formula is C19H34O2. The van der Waals surface area contributed by atoms with Crippen molar-refractivity contribution >= 4 is 5.97 Å². The molecule has 0 bridgehead atoms. The molecule has 0 spiro atoms. The first-order valence-corrected chi connectivity index (χ1v) is 9.11. The van der Waals surface area contributed by atoms with Gasteiger partial charge in [0.05, 0.1) is 0 Å². The summed E-state index contributed by atoms with van der Waals surface area (Å²) in [5.41, 5.74) is 0. The SMILES string of the molecule is CC(=O)OC1CCCCCCC/C=C\CCCCCCC1. The highest BCUT2D eigenvalue weighted by molar-refractivity contribution is 5.66. The van der Waals surface area contributed by atoms with Gasteiger partial charge < -0.3 is 4.74 Å². The van der Waals surface area contributed by atoms with E-state index in [1.165, 1.54) is 84.0 Å². The lowest BCUT2D eigenvalue weighted by Crippen LogP contribution is -2.16. The number of esters is 1. The molecule has 0 aromatic heterocycles. The van der Waals surface area contributed by atoms with E-state index in [4.69, 9.17) is 4.74 Å². The second-order valence-corrected chi connectivity index (χ2v) is 6.39. The molecule has 0 aromatic carbocycles. The van der Waals surface area contributed by atoms with Gasteiger partial charge in [0.1, 0.15) is 6.10 Å². The molecule has 0 N–H and O–H groups in total. The quantitative estimate of drug-likeness (QED) is 0.441. The van der Waals surface area contributed by atoms with Crippen LogP contribution in [-0.2, 0) is 9.53 Å². The fourth-order valence-corrected chi connectivity index (χ4v) is 3.06. The highest BCUT2D eigenvalue weighted by atomic mass is 16.5. The Morgan fingerprint density at radius 3 is 1.67 bits per heavy atom. The second kappa shape index (κ2) is 12.9. The Morgan fingerprint density at radius 2 is 1.19 bits per heavy atom. The molecule has 1 rings (SSSR count). The normalized spacial score (nSPS) is 23.1. The topological polar surface area (TPSA) is 26.3 Å². The third-order valence-electron chi connectivity index (χ3n) is 4.29. The lowest BCUT2D eigenvalue weighted by molar-refractivity contribution is -0.147. The highest BCUT2D eigenvalue weighted by Crippen LogP contribution is 2.17. The van der Waals surface area contributed by atoms with Gasteiger partial charge in [-0.05, 0) is 51.4 Å². The largest absolute Gasteiger partial charge is 0.463 e. The van der Waals surface area contributed by atoms with Crippen molar-refractivity contribution < 1.29 is 9.53 Å². The van der Waals surface area contributed by atoms with Crippen LogP contribution in [0.4, 0.5) is 0 Å². The number of hydrogen-bond donors (Lipinski definition) is 0. The zero-order valence-electron chi connectivity index (χ0n) is 13.9. The molecule has 2 nitrogen and oxygen atoms in total. The van der Waals surface area contributed by atoms with Gasteiger partial charge in [0.25, 0.3) is 0 Å². The van der Waals surface area contributed by atoms with E-state index in [1.54, 1.807) is 0 Å². The summed E-state index contributed by atoms with van der Waals surface area (Å²) in [6, 6.07) is 0. The van der Waals surface area contributed by atoms with Gasteiger partial charge in [-0.3, -0.25) is 4.79 Å². The maximum atomic E-state index is 11.2. The molecule has 0 aliphatic heterocycles. The van der Waals surface area contributed by atoms with E-state index < -0.39 is 0 Å². The van der Waals surface area contributed by atoms with Crippen molar-refractivity contribution in [2.45, 2.75) is 103 Å². The number of carbonyl (C=O) groups excluding carboxylic acids is 1. The van der Waals surface area contributed by atoms with E-state index in [-0.39, 0.29) is 12.1 Å². The molecule has 0 radical (unpaired) electrons. The molecule has 1 aliphatic rings. The van der Waals surface area contributed by atoms with Crippen molar-refractivity contribution in [1.82, 2.24) is 0 Å². The van der Waals surface area contributed by atoms with Gasteiger partial charge in [0.2, 0.25) is 0 Å². The maximum Gasteiger partial charge on any atom is 0.302 e. The zero-order chi connectivity index (χ0) is 15.2. The van der Waals surface area contributed by atoms with Gasteiger partial charge >= 0.3 is 5.97 Å². The Balaban J connectivity index is 2.30. The van der Waals surface area contributed by atoms with Crippen LogP contribution >= 0.6 is 0 Å². The van der Waals surface area contributed by atoms with Crippen molar-refractivity contribution in [1.29, 1.82) is 0 Å². The Bertz CT molecular complexity index is 263. The summed E-state index contributed by atoms with van der Waals surface area (Å²) in [5, 5.41) is 0. The van der Waals surface area contributed by atoms with E-state index in [9.17, 15) is 4.79 Å². The summed E-state index contributed by atoms with van der Waals surface area (Å²) in [4.78, 5) is 11.2. The smallest absolute Gasteiger partial charge is 0.302 e. The van der Waals surface area contributed by atoms with Crippen LogP contribution in [0.5, 0.6) is 0 Å². The van der Waals surface area contributed by atoms with Gasteiger partial charge in [-0.25, -0.2) is 0 Å². The van der Waals surface area contributed by atoms with Crippen LogP contribution < -0.4 is 0 Å². The van der Waals surface area contributed by atoms with Crippen LogP contribution in [0.25, 0.3) is 0 Å². The average Bonchev–Trinajstić information content (AvgIpc) is 2.45. The predicted octanol–water partition coefficient (Wildman–Crippen LogP) is 5.95. The Morgan fingerprint density at radius 1 is 0.762 bits per heavy atom. The van der Waals surface area contributed by atoms with Gasteiger partial charge in [-0.15, -0.1) is 0 Å². The zero-order valence-corrected chi connectivity index (χ0v) is 13.9. The first-order valence-electron chi connectivity index (χ1n) is 9.11. The molecule has 21 heavy (non-hydrogen) atoms. The summed E-state index contributed by atoms with van der Waals surface area (Å²) < 4.78 is 5.47. The number of carbonyl (C=O) groups is 1. The van der Waals surface area contributed by atoms with Crippen LogP contribution in [-0.4, -0.2) is 12.1 Å². The van der Waals surface area contributed by atoms with Crippen LogP contribution in [0.1, 0.15) is 96.8 Å². The minimum absolute atomic E-state index is 0.114. The third-order valence-corrected chi connectivity index (χ3v) is 4.29. The molecule has 0 aromatic rings. The van der Waals surface area contributed by atoms with Crippen molar-refractivity contribution in [2.24, 2.45) is 0 Å². The second-order valence-electron chi connectivity index (χ2n) is 6.39. The maximum absolute atomic E-state index is 11.2. The molecule has 0 atom stereocenters. The number of ether oxygens (including phenoxy) is 1. The molecule has 122 valence electrons. The average molecular weight is 294 g/mol. The molecule has 0 saturated heterocycles. The minimum atomic E-state index is -0.114. The van der Waals surface area contributed by atoms with Crippen LogP contribution in [0.3, 0.4) is 0 Å². The summed E-state index contributed by atoms with van der Waals surface area (Å²) in [7, 11) is 0. The molecule has 0 saturated carbocycles. The molecule has 1 aliphatic carbocycles. The molecule has 0 heterocycles. The summed E-state index contributed by atoms with van der Waals surface area (Å²) in [6.07, 6.45) is 22.4. The molecule has 0 unspecified atom stereocenters. The molecule has 0 fully saturated rings. The van der Waals surface area contributed by atoms with E-state index in [1.807, 2.05) is 0 Å². The molecule has 2 heteroatoms. The summed E-state index contributed by atoms with van der Waals surface area (Å²) in [6.45, 7) is 1.54. The lowest BCUT2D eigenvalue weighted by Gasteiger charge is -2.17. The monoisotopic (exact) mass is 294 g/mol. The Hall–Kier alpha value is -0.790. The lowest BCUT2D eigenvalue weighted by atomic mass is 10.0. The first-order chi connectivity index (χ1) is 10.3. The number of hydrogen-bond acceptors (Lipinski definition) is 2. The van der Waals surface area contributed by atoms with Gasteiger partial charge in [0.15, 0.2) is 0 Å². The van der Waals surface area contributed by atoms with Crippen molar-refractivity contribution in [3.63, 3.8) is 0 Å². The highest BCUT2D eigenvalue weighted by Gasteiger charge is 2.11. The number of rotatable bonds is 1. The summed E-state index contributed by atoms with van der Waals surface area (Å²) >= 11 is 0. The van der Waals surface area contributed by atoms with Gasteiger partial charge in [-0.1, -0.05) is 50.7 Å². The van der Waals surface area contributed by atoms with E-state index in [0.717, 1.165) is 12.8 Å². The summed E-state index contributed by atoms with van der Waals surface area (Å²) in [5.74, 6) is -0.114. The number of allylic oxidation sites excluding steroid dienone is 2. The molecular weight excluding hydrogens is 260 g/mol. The van der Waals surface area contributed by atoms with Crippen molar-refractivity contribution in [3.05, 3.63) is 12.2 Å². The molecule has 0 amide bonds. The van der Waals surface area contributed by atoms with Crippen LogP contribution in [0, 0.1) is 0 Å². The van der Waals surface area contributed by atoms with E-state index >= 15 is 0 Å². The first kappa shape index (κ1) is 18.3. The fraction of sp³-hybridized carbons (Fsp3) is 0.842. The van der Waals surface area contributed by atoms with E-state index in [2.05, 4.69) is 12.2 Å². The van der Waals surface area contributed by atoms with Crippen LogP contribution in [0.2, 0.25) is 0 Å². The van der Waals surface area contributed by atoms with Crippen molar-refractivity contribution in [3.8, 4) is 0 Å². The third kappa shape index (κ3) is 11.5. The fourth-order valence-electron chi connectivity index (χ4n) is 3.06. The minimum Gasteiger partial charge on any atom is -0.463 e. The van der Waals surface area contributed by atoms with Crippen LogP contribution in [0.15, 0.2) is 12.2 Å². The van der Waals surface area contributed by atoms with E-state index in [0.29, 0.717) is 0 Å². The van der Waals surface area contributed by atoms with Gasteiger partial charge in [-0.2, -0.15) is 0 Å². The Labute approximate surface area is 131 Å². The van der Waals surface area contributed by atoms with Gasteiger partial charge in [0, 0.05) is 6.92 Å². The predicted molar refractivity (Wildman–Crippen MR) is 89.3 cm³/mol.